The second-order valence-electron chi connectivity index (χ2n) is 5.36. The lowest BCUT2D eigenvalue weighted by atomic mass is 10.0. The van der Waals surface area contributed by atoms with Crippen LogP contribution in [0.4, 0.5) is 5.69 Å². The Balaban J connectivity index is 2.98. The lowest BCUT2D eigenvalue weighted by molar-refractivity contribution is 0.539. The molecule has 0 radical (unpaired) electrons. The fourth-order valence-corrected chi connectivity index (χ4v) is 2.83. The molecule has 1 aromatic rings. The number of hydrogen-bond donors (Lipinski definition) is 2. The Morgan fingerprint density at radius 2 is 1.84 bits per heavy atom. The molecule has 0 aliphatic rings. The standard InChI is InChI=1S/C14H24N2O2S/c1-10(2)8-12(4)16-14-9-13(7-6-11(14)3)19(17,18)15-5/h6-7,9-10,12,15-16H,8H2,1-5H3. The van der Waals surface area contributed by atoms with Crippen LogP contribution in [0.2, 0.25) is 0 Å². The second kappa shape index (κ2) is 6.39. The molecule has 1 unspecified atom stereocenters. The van der Waals surface area contributed by atoms with Gasteiger partial charge in [-0.05, 0) is 50.9 Å². The van der Waals surface area contributed by atoms with Gasteiger partial charge in [0.15, 0.2) is 0 Å². The topological polar surface area (TPSA) is 58.2 Å². The summed E-state index contributed by atoms with van der Waals surface area (Å²) in [5.74, 6) is 0.604. The van der Waals surface area contributed by atoms with E-state index in [0.717, 1.165) is 17.7 Å². The van der Waals surface area contributed by atoms with Crippen LogP contribution < -0.4 is 10.0 Å². The highest BCUT2D eigenvalue weighted by molar-refractivity contribution is 7.89. The van der Waals surface area contributed by atoms with Crippen LogP contribution in [0.25, 0.3) is 0 Å². The molecule has 0 heterocycles. The Hall–Kier alpha value is -1.07. The molecule has 0 bridgehead atoms. The van der Waals surface area contributed by atoms with Gasteiger partial charge in [0.05, 0.1) is 4.90 Å². The van der Waals surface area contributed by atoms with Crippen molar-refractivity contribution in [2.45, 2.75) is 45.1 Å². The molecule has 0 aliphatic heterocycles. The average Bonchev–Trinajstić information content (AvgIpc) is 2.30. The van der Waals surface area contributed by atoms with Gasteiger partial charge in [-0.25, -0.2) is 13.1 Å². The summed E-state index contributed by atoms with van der Waals surface area (Å²) >= 11 is 0. The zero-order valence-electron chi connectivity index (χ0n) is 12.3. The van der Waals surface area contributed by atoms with Gasteiger partial charge in [0, 0.05) is 11.7 Å². The predicted molar refractivity (Wildman–Crippen MR) is 80.0 cm³/mol. The molecule has 0 aliphatic carbocycles. The van der Waals surface area contributed by atoms with Crippen LogP contribution in [-0.2, 0) is 10.0 Å². The molecule has 0 aromatic heterocycles. The molecule has 0 spiro atoms. The smallest absolute Gasteiger partial charge is 0.240 e. The van der Waals surface area contributed by atoms with Crippen LogP contribution in [0.5, 0.6) is 0 Å². The molecule has 5 heteroatoms. The Labute approximate surface area is 116 Å². The molecule has 0 amide bonds. The van der Waals surface area contributed by atoms with Gasteiger partial charge in [0.25, 0.3) is 0 Å². The van der Waals surface area contributed by atoms with Gasteiger partial charge in [-0.15, -0.1) is 0 Å². The Bertz CT molecular complexity index is 524. The third-order valence-corrected chi connectivity index (χ3v) is 4.43. The van der Waals surface area contributed by atoms with Crippen LogP contribution in [0, 0.1) is 12.8 Å². The highest BCUT2D eigenvalue weighted by Gasteiger charge is 2.14. The van der Waals surface area contributed by atoms with Gasteiger partial charge >= 0.3 is 0 Å². The number of nitrogens with one attached hydrogen (secondary N) is 2. The summed E-state index contributed by atoms with van der Waals surface area (Å²) in [6, 6.07) is 5.46. The number of hydrogen-bond acceptors (Lipinski definition) is 3. The average molecular weight is 284 g/mol. The molecule has 1 atom stereocenters. The van der Waals surface area contributed by atoms with Crippen molar-refractivity contribution in [2.75, 3.05) is 12.4 Å². The van der Waals surface area contributed by atoms with Gasteiger partial charge in [-0.2, -0.15) is 0 Å². The number of anilines is 1. The first-order valence-corrected chi connectivity index (χ1v) is 8.05. The van der Waals surface area contributed by atoms with Gasteiger partial charge in [0.1, 0.15) is 0 Å². The van der Waals surface area contributed by atoms with Gasteiger partial charge < -0.3 is 5.32 Å². The van der Waals surface area contributed by atoms with Crippen molar-refractivity contribution in [3.05, 3.63) is 23.8 Å². The normalized spacial score (nSPS) is 13.6. The zero-order chi connectivity index (χ0) is 14.6. The molecule has 2 N–H and O–H groups in total. The van der Waals surface area contributed by atoms with Crippen LogP contribution in [0.1, 0.15) is 32.8 Å². The minimum absolute atomic E-state index is 0.292. The largest absolute Gasteiger partial charge is 0.382 e. The summed E-state index contributed by atoms with van der Waals surface area (Å²) in [5.41, 5.74) is 1.93. The summed E-state index contributed by atoms with van der Waals surface area (Å²) in [7, 11) is -1.97. The molecular weight excluding hydrogens is 260 g/mol. The van der Waals surface area contributed by atoms with E-state index in [2.05, 4.69) is 30.8 Å². The third kappa shape index (κ3) is 4.51. The number of rotatable bonds is 6. The molecule has 1 rings (SSSR count). The second-order valence-corrected chi connectivity index (χ2v) is 7.25. The number of benzene rings is 1. The zero-order valence-corrected chi connectivity index (χ0v) is 13.1. The van der Waals surface area contributed by atoms with Crippen molar-refractivity contribution >= 4 is 15.7 Å². The van der Waals surface area contributed by atoms with Crippen LogP contribution >= 0.6 is 0 Å². The van der Waals surface area contributed by atoms with E-state index in [1.54, 1.807) is 12.1 Å². The van der Waals surface area contributed by atoms with Crippen LogP contribution in [0.3, 0.4) is 0 Å². The fraction of sp³-hybridized carbons (Fsp3) is 0.571. The maximum absolute atomic E-state index is 11.8. The van der Waals surface area contributed by atoms with Gasteiger partial charge in [-0.1, -0.05) is 19.9 Å². The van der Waals surface area contributed by atoms with Gasteiger partial charge in [-0.3, -0.25) is 0 Å². The molecular formula is C14H24N2O2S. The van der Waals surface area contributed by atoms with Crippen molar-refractivity contribution in [1.82, 2.24) is 4.72 Å². The Morgan fingerprint density at radius 1 is 1.21 bits per heavy atom. The first-order chi connectivity index (χ1) is 8.76. The SMILES string of the molecule is CNS(=O)(=O)c1ccc(C)c(NC(C)CC(C)C)c1. The lowest BCUT2D eigenvalue weighted by Crippen LogP contribution is -2.20. The van der Waals surface area contributed by atoms with Crippen molar-refractivity contribution in [1.29, 1.82) is 0 Å². The molecule has 19 heavy (non-hydrogen) atoms. The first kappa shape index (κ1) is 16.0. The number of sulfonamides is 1. The Morgan fingerprint density at radius 3 is 2.37 bits per heavy atom. The third-order valence-electron chi connectivity index (χ3n) is 3.01. The van der Waals surface area contributed by atoms with E-state index in [-0.39, 0.29) is 0 Å². The van der Waals surface area contributed by atoms with Crippen molar-refractivity contribution in [3.63, 3.8) is 0 Å². The van der Waals surface area contributed by atoms with E-state index in [0.29, 0.717) is 16.9 Å². The minimum Gasteiger partial charge on any atom is -0.382 e. The quantitative estimate of drug-likeness (QED) is 0.844. The van der Waals surface area contributed by atoms with E-state index >= 15 is 0 Å². The first-order valence-electron chi connectivity index (χ1n) is 6.57. The summed E-state index contributed by atoms with van der Waals surface area (Å²) < 4.78 is 25.9. The lowest BCUT2D eigenvalue weighted by Gasteiger charge is -2.19. The van der Waals surface area contributed by atoms with Crippen molar-refractivity contribution in [2.24, 2.45) is 5.92 Å². The Kier molecular flexibility index (Phi) is 5.38. The van der Waals surface area contributed by atoms with E-state index in [4.69, 9.17) is 0 Å². The predicted octanol–water partition coefficient (Wildman–Crippen LogP) is 2.75. The fourth-order valence-electron chi connectivity index (χ4n) is 2.07. The summed E-state index contributed by atoms with van der Waals surface area (Å²) in [5, 5.41) is 3.39. The number of aryl methyl sites for hydroxylation is 1. The van der Waals surface area contributed by atoms with Crippen LogP contribution in [-0.4, -0.2) is 21.5 Å². The highest BCUT2D eigenvalue weighted by atomic mass is 32.2. The van der Waals surface area contributed by atoms with E-state index in [1.165, 1.54) is 7.05 Å². The maximum atomic E-state index is 11.8. The monoisotopic (exact) mass is 284 g/mol. The molecule has 0 saturated carbocycles. The van der Waals surface area contributed by atoms with E-state index in [9.17, 15) is 8.42 Å². The minimum atomic E-state index is -3.39. The summed E-state index contributed by atoms with van der Waals surface area (Å²) in [6.45, 7) is 8.43. The summed E-state index contributed by atoms with van der Waals surface area (Å²) in [4.78, 5) is 0.292. The molecule has 0 fully saturated rings. The molecule has 1 aromatic carbocycles. The van der Waals surface area contributed by atoms with E-state index < -0.39 is 10.0 Å². The van der Waals surface area contributed by atoms with Crippen molar-refractivity contribution < 1.29 is 8.42 Å². The van der Waals surface area contributed by atoms with Crippen LogP contribution in [0.15, 0.2) is 23.1 Å². The van der Waals surface area contributed by atoms with E-state index in [1.807, 2.05) is 13.0 Å². The molecule has 4 nitrogen and oxygen atoms in total. The molecule has 0 saturated heterocycles. The molecule has 108 valence electrons. The van der Waals surface area contributed by atoms with Crippen molar-refractivity contribution in [3.8, 4) is 0 Å². The maximum Gasteiger partial charge on any atom is 0.240 e. The summed E-state index contributed by atoms with van der Waals surface area (Å²) in [6.07, 6.45) is 1.04. The highest BCUT2D eigenvalue weighted by Crippen LogP contribution is 2.22. The van der Waals surface area contributed by atoms with Gasteiger partial charge in [0.2, 0.25) is 10.0 Å².